The molecule has 0 aliphatic carbocycles. The van der Waals surface area contributed by atoms with Crippen LogP contribution in [0.5, 0.6) is 0 Å². The summed E-state index contributed by atoms with van der Waals surface area (Å²) in [6.07, 6.45) is 1.24. The fourth-order valence-electron chi connectivity index (χ4n) is 1.51. The van der Waals surface area contributed by atoms with Crippen LogP contribution in [0.2, 0.25) is 0 Å². The molecule has 1 aromatic rings. The molecule has 0 saturated heterocycles. The van der Waals surface area contributed by atoms with Gasteiger partial charge in [-0.3, -0.25) is 4.79 Å². The van der Waals surface area contributed by atoms with Gasteiger partial charge in [0.15, 0.2) is 0 Å². The van der Waals surface area contributed by atoms with Crippen LogP contribution in [0.15, 0.2) is 30.3 Å². The van der Waals surface area contributed by atoms with Crippen LogP contribution >= 0.6 is 0 Å². The number of carbonyl (C=O) groups is 3. The summed E-state index contributed by atoms with van der Waals surface area (Å²) in [6, 6.07) is 4.25. The van der Waals surface area contributed by atoms with Crippen molar-refractivity contribution >= 4 is 23.9 Å². The molecule has 0 aliphatic heterocycles. The molecule has 23 heavy (non-hydrogen) atoms. The quantitative estimate of drug-likeness (QED) is 0.392. The van der Waals surface area contributed by atoms with E-state index in [-0.39, 0.29) is 71.1 Å². The van der Waals surface area contributed by atoms with Crippen LogP contribution < -0.4 is 74.6 Å². The first-order valence-electron chi connectivity index (χ1n) is 6.04. The van der Waals surface area contributed by atoms with Gasteiger partial charge in [-0.25, -0.2) is 4.39 Å². The zero-order valence-corrected chi connectivity index (χ0v) is 16.9. The summed E-state index contributed by atoms with van der Waals surface area (Å²) in [5.41, 5.74) is 0.160. The Morgan fingerprint density at radius 1 is 1.17 bits per heavy atom. The van der Waals surface area contributed by atoms with E-state index in [1.165, 1.54) is 24.3 Å². The van der Waals surface area contributed by atoms with Gasteiger partial charge in [-0.05, 0) is 25.0 Å². The summed E-state index contributed by atoms with van der Waals surface area (Å²) in [4.78, 5) is 32.5. The molecule has 112 valence electrons. The minimum absolute atomic E-state index is 0. The number of hydrogen-bond acceptors (Lipinski definition) is 5. The number of amides is 1. The molecule has 0 aromatic heterocycles. The summed E-state index contributed by atoms with van der Waals surface area (Å²) >= 11 is 0. The number of rotatable bonds is 7. The van der Waals surface area contributed by atoms with E-state index < -0.39 is 36.1 Å². The summed E-state index contributed by atoms with van der Waals surface area (Å²) in [5.74, 6) is -4.37. The number of carbonyl (C=O) groups excluding carboxylic acids is 3. The van der Waals surface area contributed by atoms with Crippen molar-refractivity contribution in [2.45, 2.75) is 18.9 Å². The van der Waals surface area contributed by atoms with E-state index in [4.69, 9.17) is 0 Å². The van der Waals surface area contributed by atoms with Gasteiger partial charge in [0.25, 0.3) is 0 Å². The maximum Gasteiger partial charge on any atom is 1.00 e. The Hall–Kier alpha value is -0.700. The molecular weight excluding hydrogens is 327 g/mol. The van der Waals surface area contributed by atoms with Crippen molar-refractivity contribution in [1.82, 2.24) is 5.32 Å². The van der Waals surface area contributed by atoms with Gasteiger partial charge in [0.1, 0.15) is 5.82 Å². The molecule has 0 bridgehead atoms. The minimum Gasteiger partial charge on any atom is -0.550 e. The van der Waals surface area contributed by atoms with Crippen LogP contribution in [0.4, 0.5) is 4.39 Å². The minimum atomic E-state index is -1.61. The van der Waals surface area contributed by atoms with Gasteiger partial charge in [-0.15, -0.1) is 0 Å². The monoisotopic (exact) mass is 339 g/mol. The van der Waals surface area contributed by atoms with Crippen LogP contribution in [0.3, 0.4) is 0 Å². The molecule has 0 heterocycles. The third-order valence-corrected chi connectivity index (χ3v) is 2.56. The number of benzene rings is 1. The SMILES string of the molecule is O=C([O-])CC[C@H](NC(=O)C=Cc1ccccc1F)C(=O)[O-].[Na+].[Na+]. The van der Waals surface area contributed by atoms with Gasteiger partial charge in [-0.1, -0.05) is 18.2 Å². The fraction of sp³-hybridized carbons (Fsp3) is 0.214. The molecule has 0 unspecified atom stereocenters. The molecule has 6 nitrogen and oxygen atoms in total. The van der Waals surface area contributed by atoms with Crippen molar-refractivity contribution in [3.8, 4) is 0 Å². The van der Waals surface area contributed by atoms with Crippen LogP contribution in [-0.4, -0.2) is 23.9 Å². The van der Waals surface area contributed by atoms with Gasteiger partial charge in [0.2, 0.25) is 5.91 Å². The standard InChI is InChI=1S/C14H14FNO5.2Na/c15-10-4-2-1-3-9(10)5-7-12(17)16-11(14(20)21)6-8-13(18)19;;/h1-5,7,11H,6,8H2,(H,16,17)(H,18,19)(H,20,21);;/q;2*+1/p-2/t11-;;/m0../s1. The molecule has 1 aromatic carbocycles. The Kier molecular flexibility index (Phi) is 13.5. The molecule has 1 N–H and O–H groups in total. The second kappa shape index (κ2) is 12.7. The number of nitrogens with one attached hydrogen (secondary N) is 1. The van der Waals surface area contributed by atoms with E-state index >= 15 is 0 Å². The second-order valence-electron chi connectivity index (χ2n) is 4.15. The molecule has 0 aliphatic rings. The van der Waals surface area contributed by atoms with E-state index in [0.717, 1.165) is 6.08 Å². The Morgan fingerprint density at radius 2 is 1.78 bits per heavy atom. The third-order valence-electron chi connectivity index (χ3n) is 2.56. The molecule has 1 rings (SSSR count). The smallest absolute Gasteiger partial charge is 0.550 e. The third kappa shape index (κ3) is 9.91. The molecule has 1 atom stereocenters. The van der Waals surface area contributed by atoms with Crippen molar-refractivity contribution in [3.05, 3.63) is 41.7 Å². The van der Waals surface area contributed by atoms with E-state index in [2.05, 4.69) is 5.32 Å². The average Bonchev–Trinajstić information content (AvgIpc) is 2.42. The maximum absolute atomic E-state index is 13.3. The molecule has 0 saturated carbocycles. The van der Waals surface area contributed by atoms with Crippen molar-refractivity contribution < 1.29 is 88.1 Å². The van der Waals surface area contributed by atoms with Crippen LogP contribution in [0, 0.1) is 5.82 Å². The normalized spacial score (nSPS) is 11.0. The molecular formula is C14H12FNNa2O5. The van der Waals surface area contributed by atoms with Gasteiger partial charge < -0.3 is 25.1 Å². The van der Waals surface area contributed by atoms with E-state index in [0.29, 0.717) is 0 Å². The Morgan fingerprint density at radius 3 is 2.30 bits per heavy atom. The zero-order valence-electron chi connectivity index (χ0n) is 12.9. The molecule has 1 amide bonds. The van der Waals surface area contributed by atoms with Crippen molar-refractivity contribution in [2.24, 2.45) is 0 Å². The van der Waals surface area contributed by atoms with Crippen molar-refractivity contribution in [1.29, 1.82) is 0 Å². The number of aliphatic carboxylic acids is 2. The summed E-state index contributed by atoms with van der Waals surface area (Å²) in [6.45, 7) is 0. The van der Waals surface area contributed by atoms with Gasteiger partial charge >= 0.3 is 59.1 Å². The first kappa shape index (κ1) is 24.6. The molecule has 9 heteroatoms. The Labute approximate surface area is 176 Å². The van der Waals surface area contributed by atoms with Crippen molar-refractivity contribution in [3.63, 3.8) is 0 Å². The number of carboxylic acids is 2. The zero-order chi connectivity index (χ0) is 15.8. The average molecular weight is 339 g/mol. The molecule has 0 fully saturated rings. The molecule has 0 radical (unpaired) electrons. The van der Waals surface area contributed by atoms with Gasteiger partial charge in [0, 0.05) is 17.6 Å². The Balaban J connectivity index is 0. The number of halogens is 1. The van der Waals surface area contributed by atoms with Gasteiger partial charge in [-0.2, -0.15) is 0 Å². The number of hydrogen-bond donors (Lipinski definition) is 1. The predicted molar refractivity (Wildman–Crippen MR) is 66.6 cm³/mol. The number of carboxylic acid groups (broad SMARTS) is 2. The van der Waals surface area contributed by atoms with E-state index in [9.17, 15) is 29.0 Å². The first-order valence-corrected chi connectivity index (χ1v) is 6.04. The fourth-order valence-corrected chi connectivity index (χ4v) is 1.51. The van der Waals surface area contributed by atoms with E-state index in [1.807, 2.05) is 0 Å². The van der Waals surface area contributed by atoms with Crippen molar-refractivity contribution in [2.75, 3.05) is 0 Å². The van der Waals surface area contributed by atoms with Crippen LogP contribution in [0.1, 0.15) is 18.4 Å². The summed E-state index contributed by atoms with van der Waals surface area (Å²) in [5, 5.41) is 23.1. The van der Waals surface area contributed by atoms with Crippen LogP contribution in [0.25, 0.3) is 6.08 Å². The van der Waals surface area contributed by atoms with Crippen LogP contribution in [-0.2, 0) is 14.4 Å². The largest absolute Gasteiger partial charge is 1.00 e. The Bertz CT molecular complexity index is 580. The predicted octanol–water partition coefficient (Wildman–Crippen LogP) is -7.39. The van der Waals surface area contributed by atoms with Gasteiger partial charge in [0.05, 0.1) is 12.0 Å². The van der Waals surface area contributed by atoms with E-state index in [1.54, 1.807) is 6.07 Å². The second-order valence-corrected chi connectivity index (χ2v) is 4.15. The first-order chi connectivity index (χ1) is 9.90. The maximum atomic E-state index is 13.3. The topological polar surface area (TPSA) is 109 Å². The molecule has 0 spiro atoms. The summed E-state index contributed by atoms with van der Waals surface area (Å²) in [7, 11) is 0. The summed E-state index contributed by atoms with van der Waals surface area (Å²) < 4.78 is 13.3.